The largest absolute Gasteiger partial charge is 0.481 e. The Hall–Kier alpha value is -1.42. The average molecular weight is 251 g/mol. The van der Waals surface area contributed by atoms with E-state index in [-0.39, 0.29) is 11.7 Å². The first kappa shape index (κ1) is 13.0. The summed E-state index contributed by atoms with van der Waals surface area (Å²) < 4.78 is 13.3. The highest BCUT2D eigenvalue weighted by Gasteiger charge is 2.24. The Balaban J connectivity index is 1.93. The van der Waals surface area contributed by atoms with Gasteiger partial charge >= 0.3 is 5.97 Å². The standard InChI is InChI=1S/C14H18FNO2/c1-10-6-11(8-13(15)7-10)9-16-4-2-12(3-5-16)14(17)18/h6-8,12H,2-5,9H2,1H3,(H,17,18). The number of carbonyl (C=O) groups is 1. The Morgan fingerprint density at radius 3 is 2.61 bits per heavy atom. The summed E-state index contributed by atoms with van der Waals surface area (Å²) in [5.41, 5.74) is 1.88. The smallest absolute Gasteiger partial charge is 0.306 e. The van der Waals surface area contributed by atoms with Crippen molar-refractivity contribution >= 4 is 5.97 Å². The zero-order valence-electron chi connectivity index (χ0n) is 10.5. The molecular formula is C14H18FNO2. The van der Waals surface area contributed by atoms with Crippen molar-refractivity contribution in [1.82, 2.24) is 4.90 Å². The van der Waals surface area contributed by atoms with Gasteiger partial charge in [0.1, 0.15) is 5.82 Å². The fourth-order valence-electron chi connectivity index (χ4n) is 2.50. The van der Waals surface area contributed by atoms with Crippen molar-refractivity contribution in [3.05, 3.63) is 35.1 Å². The predicted octanol–water partition coefficient (Wildman–Crippen LogP) is 2.43. The van der Waals surface area contributed by atoms with Crippen LogP contribution in [0.4, 0.5) is 4.39 Å². The topological polar surface area (TPSA) is 40.5 Å². The molecule has 0 aliphatic carbocycles. The van der Waals surface area contributed by atoms with E-state index in [0.717, 1.165) is 24.2 Å². The number of carboxylic acids is 1. The van der Waals surface area contributed by atoms with Gasteiger partial charge in [-0.15, -0.1) is 0 Å². The molecule has 0 bridgehead atoms. The van der Waals surface area contributed by atoms with Gasteiger partial charge in [-0.2, -0.15) is 0 Å². The minimum Gasteiger partial charge on any atom is -0.481 e. The normalized spacial score (nSPS) is 17.9. The number of likely N-dealkylation sites (tertiary alicyclic amines) is 1. The first-order valence-electron chi connectivity index (χ1n) is 6.26. The molecule has 1 heterocycles. The van der Waals surface area contributed by atoms with Crippen molar-refractivity contribution < 1.29 is 14.3 Å². The molecule has 1 aliphatic heterocycles. The second-order valence-electron chi connectivity index (χ2n) is 5.03. The SMILES string of the molecule is Cc1cc(F)cc(CN2CCC(C(=O)O)CC2)c1. The van der Waals surface area contributed by atoms with Gasteiger partial charge in [0.2, 0.25) is 0 Å². The van der Waals surface area contributed by atoms with Crippen LogP contribution < -0.4 is 0 Å². The molecule has 0 atom stereocenters. The number of hydrogen-bond acceptors (Lipinski definition) is 2. The number of benzene rings is 1. The number of aryl methyl sites for hydroxylation is 1. The van der Waals surface area contributed by atoms with Gasteiger partial charge < -0.3 is 5.11 Å². The number of aliphatic carboxylic acids is 1. The number of hydrogen-bond donors (Lipinski definition) is 1. The Labute approximate surface area is 106 Å². The maximum absolute atomic E-state index is 13.3. The van der Waals surface area contributed by atoms with Crippen LogP contribution in [0.15, 0.2) is 18.2 Å². The third kappa shape index (κ3) is 3.29. The predicted molar refractivity (Wildman–Crippen MR) is 66.8 cm³/mol. The molecule has 0 amide bonds. The van der Waals surface area contributed by atoms with Crippen molar-refractivity contribution in [3.63, 3.8) is 0 Å². The van der Waals surface area contributed by atoms with E-state index in [4.69, 9.17) is 5.11 Å². The molecule has 3 nitrogen and oxygen atoms in total. The summed E-state index contributed by atoms with van der Waals surface area (Å²) in [6, 6.07) is 5.04. The van der Waals surface area contributed by atoms with E-state index < -0.39 is 5.97 Å². The van der Waals surface area contributed by atoms with Crippen LogP contribution in [0.5, 0.6) is 0 Å². The Kier molecular flexibility index (Phi) is 3.97. The molecular weight excluding hydrogens is 233 g/mol. The van der Waals surface area contributed by atoms with Gasteiger partial charge in [-0.25, -0.2) is 4.39 Å². The zero-order chi connectivity index (χ0) is 13.1. The van der Waals surface area contributed by atoms with Gasteiger partial charge in [0.15, 0.2) is 0 Å². The molecule has 1 aromatic rings. The highest BCUT2D eigenvalue weighted by molar-refractivity contribution is 5.70. The molecule has 1 aromatic carbocycles. The van der Waals surface area contributed by atoms with Crippen LogP contribution in [0.25, 0.3) is 0 Å². The van der Waals surface area contributed by atoms with Crippen molar-refractivity contribution in [3.8, 4) is 0 Å². The molecule has 1 saturated heterocycles. The maximum atomic E-state index is 13.3. The third-order valence-corrected chi connectivity index (χ3v) is 3.44. The number of piperidine rings is 1. The third-order valence-electron chi connectivity index (χ3n) is 3.44. The van der Waals surface area contributed by atoms with Gasteiger partial charge in [0.05, 0.1) is 5.92 Å². The van der Waals surface area contributed by atoms with E-state index in [2.05, 4.69) is 4.90 Å². The van der Waals surface area contributed by atoms with Crippen molar-refractivity contribution in [2.24, 2.45) is 5.92 Å². The molecule has 0 radical (unpaired) electrons. The van der Waals surface area contributed by atoms with Crippen LogP contribution in [0.2, 0.25) is 0 Å². The lowest BCUT2D eigenvalue weighted by Crippen LogP contribution is -2.35. The Morgan fingerprint density at radius 2 is 2.06 bits per heavy atom. The maximum Gasteiger partial charge on any atom is 0.306 e. The first-order valence-corrected chi connectivity index (χ1v) is 6.26. The monoisotopic (exact) mass is 251 g/mol. The molecule has 4 heteroatoms. The molecule has 2 rings (SSSR count). The van der Waals surface area contributed by atoms with Gasteiger partial charge in [-0.1, -0.05) is 6.07 Å². The van der Waals surface area contributed by atoms with Crippen LogP contribution in [-0.2, 0) is 11.3 Å². The summed E-state index contributed by atoms with van der Waals surface area (Å²) in [5.74, 6) is -1.11. The lowest BCUT2D eigenvalue weighted by atomic mass is 9.96. The minimum atomic E-state index is -0.698. The van der Waals surface area contributed by atoms with E-state index >= 15 is 0 Å². The van der Waals surface area contributed by atoms with Crippen molar-refractivity contribution in [2.45, 2.75) is 26.3 Å². The first-order chi connectivity index (χ1) is 8.54. The number of nitrogens with zero attached hydrogens (tertiary/aromatic N) is 1. The highest BCUT2D eigenvalue weighted by atomic mass is 19.1. The van der Waals surface area contributed by atoms with Crippen LogP contribution in [-0.4, -0.2) is 29.1 Å². The molecule has 0 spiro atoms. The van der Waals surface area contributed by atoms with E-state index in [9.17, 15) is 9.18 Å². The molecule has 0 unspecified atom stereocenters. The van der Waals surface area contributed by atoms with E-state index in [1.54, 1.807) is 6.07 Å². The van der Waals surface area contributed by atoms with E-state index in [0.29, 0.717) is 19.4 Å². The Morgan fingerprint density at radius 1 is 1.39 bits per heavy atom. The number of carboxylic acid groups (broad SMARTS) is 1. The van der Waals surface area contributed by atoms with Crippen molar-refractivity contribution in [2.75, 3.05) is 13.1 Å². The molecule has 98 valence electrons. The summed E-state index contributed by atoms with van der Waals surface area (Å²) >= 11 is 0. The lowest BCUT2D eigenvalue weighted by Gasteiger charge is -2.30. The zero-order valence-corrected chi connectivity index (χ0v) is 10.5. The lowest BCUT2D eigenvalue weighted by molar-refractivity contribution is -0.143. The molecule has 18 heavy (non-hydrogen) atoms. The van der Waals surface area contributed by atoms with Gasteiger partial charge in [-0.05, 0) is 56.1 Å². The highest BCUT2D eigenvalue weighted by Crippen LogP contribution is 2.19. The number of halogens is 1. The molecule has 0 aromatic heterocycles. The summed E-state index contributed by atoms with van der Waals surface area (Å²) in [5, 5.41) is 8.92. The quantitative estimate of drug-likeness (QED) is 0.897. The van der Waals surface area contributed by atoms with Gasteiger partial charge in [0.25, 0.3) is 0 Å². The molecule has 1 aliphatic rings. The summed E-state index contributed by atoms with van der Waals surface area (Å²) in [4.78, 5) is 13.0. The van der Waals surface area contributed by atoms with Crippen LogP contribution >= 0.6 is 0 Å². The molecule has 1 fully saturated rings. The van der Waals surface area contributed by atoms with Gasteiger partial charge in [0, 0.05) is 6.54 Å². The van der Waals surface area contributed by atoms with Crippen molar-refractivity contribution in [1.29, 1.82) is 0 Å². The summed E-state index contributed by atoms with van der Waals surface area (Å²) in [7, 11) is 0. The summed E-state index contributed by atoms with van der Waals surface area (Å²) in [6.45, 7) is 4.12. The van der Waals surface area contributed by atoms with Crippen LogP contribution in [0.3, 0.4) is 0 Å². The van der Waals surface area contributed by atoms with E-state index in [1.807, 2.05) is 13.0 Å². The molecule has 1 N–H and O–H groups in total. The van der Waals surface area contributed by atoms with Crippen LogP contribution in [0, 0.1) is 18.7 Å². The average Bonchev–Trinajstić information content (AvgIpc) is 2.28. The van der Waals surface area contributed by atoms with Gasteiger partial charge in [-0.3, -0.25) is 9.69 Å². The fourth-order valence-corrected chi connectivity index (χ4v) is 2.50. The summed E-state index contributed by atoms with van der Waals surface area (Å²) in [6.07, 6.45) is 1.37. The molecule has 0 saturated carbocycles. The number of rotatable bonds is 3. The minimum absolute atomic E-state index is 0.203. The second-order valence-corrected chi connectivity index (χ2v) is 5.03. The second kappa shape index (κ2) is 5.48. The van der Waals surface area contributed by atoms with E-state index in [1.165, 1.54) is 6.07 Å². The Bertz CT molecular complexity index is 419. The van der Waals surface area contributed by atoms with Crippen LogP contribution in [0.1, 0.15) is 24.0 Å². The fraction of sp³-hybridized carbons (Fsp3) is 0.500.